The molecule has 0 bridgehead atoms. The molecule has 2 fully saturated rings. The molecule has 1 saturated carbocycles. The highest BCUT2D eigenvalue weighted by Crippen LogP contribution is 2.23. The minimum atomic E-state index is -3.72. The van der Waals surface area contributed by atoms with E-state index in [2.05, 4.69) is 20.3 Å². The van der Waals surface area contributed by atoms with Crippen LogP contribution in [0.1, 0.15) is 48.9 Å². The number of rotatable bonds is 9. The number of anilines is 1. The maximum atomic E-state index is 13.2. The van der Waals surface area contributed by atoms with Gasteiger partial charge in [-0.1, -0.05) is 6.42 Å². The van der Waals surface area contributed by atoms with E-state index in [0.717, 1.165) is 32.1 Å². The Morgan fingerprint density at radius 3 is 2.37 bits per heavy atom. The Morgan fingerprint density at radius 1 is 1.06 bits per heavy atom. The van der Waals surface area contributed by atoms with Crippen LogP contribution in [-0.4, -0.2) is 50.5 Å². The molecule has 35 heavy (non-hydrogen) atoms. The van der Waals surface area contributed by atoms with E-state index in [4.69, 9.17) is 4.74 Å². The zero-order valence-electron chi connectivity index (χ0n) is 19.2. The summed E-state index contributed by atoms with van der Waals surface area (Å²) in [6.07, 6.45) is 5.86. The van der Waals surface area contributed by atoms with Gasteiger partial charge in [-0.15, -0.1) is 0 Å². The van der Waals surface area contributed by atoms with Crippen LogP contribution in [0.4, 0.5) is 10.1 Å². The monoisotopic (exact) mass is 504 g/mol. The van der Waals surface area contributed by atoms with Crippen molar-refractivity contribution in [3.8, 4) is 0 Å². The highest BCUT2D eigenvalue weighted by atomic mass is 32.2. The van der Waals surface area contributed by atoms with Crippen molar-refractivity contribution in [2.75, 3.05) is 18.5 Å². The number of aromatic nitrogens is 1. The zero-order valence-corrected chi connectivity index (χ0v) is 20.0. The third-order valence-corrected chi connectivity index (χ3v) is 7.78. The van der Waals surface area contributed by atoms with Crippen LogP contribution in [0.15, 0.2) is 47.6 Å². The summed E-state index contributed by atoms with van der Waals surface area (Å²) in [5.74, 6) is -1.20. The van der Waals surface area contributed by atoms with Crippen molar-refractivity contribution in [3.05, 3.63) is 54.0 Å². The van der Waals surface area contributed by atoms with E-state index in [9.17, 15) is 22.4 Å². The second-order valence-electron chi connectivity index (χ2n) is 8.95. The zero-order chi connectivity index (χ0) is 24.8. The molecular formula is C24H29FN4O5S. The number of sulfonamides is 1. The molecule has 1 aliphatic heterocycles. The van der Waals surface area contributed by atoms with E-state index in [1.165, 1.54) is 42.6 Å². The Morgan fingerprint density at radius 2 is 1.77 bits per heavy atom. The average Bonchev–Trinajstić information content (AvgIpc) is 2.82. The third kappa shape index (κ3) is 6.83. The number of nitrogens with zero attached hydrogens (tertiary/aromatic N) is 1. The van der Waals surface area contributed by atoms with Crippen molar-refractivity contribution in [2.45, 2.75) is 55.6 Å². The lowest BCUT2D eigenvalue weighted by Gasteiger charge is -2.27. The second-order valence-corrected chi connectivity index (χ2v) is 10.6. The predicted molar refractivity (Wildman–Crippen MR) is 127 cm³/mol. The summed E-state index contributed by atoms with van der Waals surface area (Å²) in [5, 5.41) is 5.35. The van der Waals surface area contributed by atoms with E-state index < -0.39 is 33.7 Å². The number of amides is 2. The van der Waals surface area contributed by atoms with E-state index in [-0.39, 0.29) is 22.5 Å². The normalized spacial score (nSPS) is 17.9. The fraction of sp³-hybridized carbons (Fsp3) is 0.458. The lowest BCUT2D eigenvalue weighted by Crippen LogP contribution is -2.45. The topological polar surface area (TPSA) is 126 Å². The summed E-state index contributed by atoms with van der Waals surface area (Å²) in [7, 11) is -3.72. The first kappa shape index (κ1) is 25.2. The van der Waals surface area contributed by atoms with Crippen molar-refractivity contribution < 1.29 is 27.1 Å². The van der Waals surface area contributed by atoms with Crippen LogP contribution in [0.3, 0.4) is 0 Å². The van der Waals surface area contributed by atoms with Crippen molar-refractivity contribution in [1.82, 2.24) is 15.0 Å². The van der Waals surface area contributed by atoms with Gasteiger partial charge in [0.25, 0.3) is 15.9 Å². The lowest BCUT2D eigenvalue weighted by molar-refractivity contribution is -0.118. The van der Waals surface area contributed by atoms with Crippen molar-refractivity contribution >= 4 is 27.5 Å². The quantitative estimate of drug-likeness (QED) is 0.482. The third-order valence-electron chi connectivity index (χ3n) is 6.34. The SMILES string of the molecule is O=C(N[C@@H](CC1CCOCC1)C(=O)Nc1ccc(S(=O)(=O)NC2CCC2)nc1)c1ccc(F)cc1. The highest BCUT2D eigenvalue weighted by molar-refractivity contribution is 7.89. The van der Waals surface area contributed by atoms with E-state index in [0.29, 0.717) is 25.3 Å². The molecule has 2 aliphatic rings. The summed E-state index contributed by atoms with van der Waals surface area (Å²) < 4.78 is 46.1. The van der Waals surface area contributed by atoms with Gasteiger partial charge in [-0.3, -0.25) is 9.59 Å². The van der Waals surface area contributed by atoms with Crippen LogP contribution >= 0.6 is 0 Å². The number of pyridine rings is 1. The molecule has 2 heterocycles. The minimum absolute atomic E-state index is 0.0585. The van der Waals surface area contributed by atoms with Crippen molar-refractivity contribution in [2.24, 2.45) is 5.92 Å². The Bertz CT molecular complexity index is 1130. The first-order chi connectivity index (χ1) is 16.8. The molecule has 2 aromatic rings. The van der Waals surface area contributed by atoms with Gasteiger partial charge < -0.3 is 15.4 Å². The van der Waals surface area contributed by atoms with Crippen LogP contribution in [0.2, 0.25) is 0 Å². The first-order valence-electron chi connectivity index (χ1n) is 11.7. The number of carbonyl (C=O) groups excluding carboxylic acids is 2. The van der Waals surface area contributed by atoms with Crippen molar-refractivity contribution in [1.29, 1.82) is 0 Å². The fourth-order valence-corrected chi connectivity index (χ4v) is 5.27. The fourth-order valence-electron chi connectivity index (χ4n) is 4.04. The van der Waals surface area contributed by atoms with Crippen molar-refractivity contribution in [3.63, 3.8) is 0 Å². The largest absolute Gasteiger partial charge is 0.381 e. The molecule has 0 unspecified atom stereocenters. The molecule has 4 rings (SSSR count). The molecule has 11 heteroatoms. The van der Waals surface area contributed by atoms with Crippen LogP contribution in [-0.2, 0) is 19.6 Å². The molecule has 9 nitrogen and oxygen atoms in total. The van der Waals surface area contributed by atoms with Crippen LogP contribution < -0.4 is 15.4 Å². The second kappa shape index (κ2) is 11.2. The summed E-state index contributed by atoms with van der Waals surface area (Å²) >= 11 is 0. The van der Waals surface area contributed by atoms with E-state index in [1.54, 1.807) is 0 Å². The number of halogens is 1. The number of hydrogen-bond donors (Lipinski definition) is 3. The molecule has 0 radical (unpaired) electrons. The molecule has 1 aliphatic carbocycles. The number of hydrogen-bond acceptors (Lipinski definition) is 6. The maximum absolute atomic E-state index is 13.2. The number of benzene rings is 1. The Kier molecular flexibility index (Phi) is 8.09. The van der Waals surface area contributed by atoms with Gasteiger partial charge in [-0.05, 0) is 74.4 Å². The van der Waals surface area contributed by atoms with Crippen LogP contribution in [0.5, 0.6) is 0 Å². The van der Waals surface area contributed by atoms with E-state index >= 15 is 0 Å². The molecule has 1 saturated heterocycles. The maximum Gasteiger partial charge on any atom is 0.258 e. The van der Waals surface area contributed by atoms with Gasteiger partial charge >= 0.3 is 0 Å². The van der Waals surface area contributed by atoms with Gasteiger partial charge in [-0.25, -0.2) is 22.5 Å². The van der Waals surface area contributed by atoms with Crippen LogP contribution in [0, 0.1) is 11.7 Å². The summed E-state index contributed by atoms with van der Waals surface area (Å²) in [6, 6.07) is 6.97. The molecule has 2 amide bonds. The summed E-state index contributed by atoms with van der Waals surface area (Å²) in [6.45, 7) is 1.19. The van der Waals surface area contributed by atoms with Gasteiger partial charge in [0.15, 0.2) is 5.03 Å². The van der Waals surface area contributed by atoms with Gasteiger partial charge in [0.1, 0.15) is 11.9 Å². The number of carbonyl (C=O) groups is 2. The molecule has 1 aromatic heterocycles. The molecule has 3 N–H and O–H groups in total. The van der Waals surface area contributed by atoms with Gasteiger partial charge in [0.05, 0.1) is 11.9 Å². The lowest BCUT2D eigenvalue weighted by atomic mass is 9.92. The Hall–Kier alpha value is -2.89. The summed E-state index contributed by atoms with van der Waals surface area (Å²) in [5.41, 5.74) is 0.553. The van der Waals surface area contributed by atoms with E-state index in [1.807, 2.05) is 0 Å². The van der Waals surface area contributed by atoms with Gasteiger partial charge in [-0.2, -0.15) is 0 Å². The number of nitrogens with one attached hydrogen (secondary N) is 3. The highest BCUT2D eigenvalue weighted by Gasteiger charge is 2.28. The molecule has 1 aromatic carbocycles. The van der Waals surface area contributed by atoms with Crippen LogP contribution in [0.25, 0.3) is 0 Å². The molecule has 0 spiro atoms. The first-order valence-corrected chi connectivity index (χ1v) is 13.2. The molecule has 1 atom stereocenters. The minimum Gasteiger partial charge on any atom is -0.381 e. The average molecular weight is 505 g/mol. The van der Waals surface area contributed by atoms with Gasteiger partial charge in [0, 0.05) is 24.8 Å². The standard InChI is InChI=1S/C24H29FN4O5S/c25-18-6-4-17(5-7-18)23(30)28-21(14-16-10-12-34-13-11-16)24(31)27-20-8-9-22(26-15-20)35(32,33)29-19-2-1-3-19/h4-9,15-16,19,21,29H,1-3,10-14H2,(H,27,31)(H,28,30)/t21-/m0/s1. The smallest absolute Gasteiger partial charge is 0.258 e. The van der Waals surface area contributed by atoms with Gasteiger partial charge in [0.2, 0.25) is 5.91 Å². The molecular weight excluding hydrogens is 475 g/mol. The Balaban J connectivity index is 1.43. The summed E-state index contributed by atoms with van der Waals surface area (Å²) in [4.78, 5) is 29.8. The predicted octanol–water partition coefficient (Wildman–Crippen LogP) is 2.61. The Labute approximate surface area is 203 Å². The number of ether oxygens (including phenoxy) is 1. The molecule has 188 valence electrons.